The van der Waals surface area contributed by atoms with Gasteiger partial charge < -0.3 is 4.57 Å². The minimum atomic E-state index is -0.280. The molecule has 5 heteroatoms. The number of fused-ring (bicyclic) bond motifs is 1. The van der Waals surface area contributed by atoms with Crippen LogP contribution in [0.2, 0.25) is 0 Å². The maximum absolute atomic E-state index is 13.6. The third-order valence-electron chi connectivity index (χ3n) is 3.38. The van der Waals surface area contributed by atoms with Crippen LogP contribution in [0.1, 0.15) is 26.1 Å². The Labute approximate surface area is 126 Å². The summed E-state index contributed by atoms with van der Waals surface area (Å²) in [4.78, 5) is 4.51. The zero-order valence-corrected chi connectivity index (χ0v) is 13.4. The standard InChI is InChI=1S/C14H17BrClFN2/c1-3-9(2)8-19-13-6-10(15)11(17)7-12(13)18-14(19)4-5-16/h6-7,9H,3-5,8H2,1-2H3. The van der Waals surface area contributed by atoms with E-state index in [0.717, 1.165) is 24.3 Å². The lowest BCUT2D eigenvalue weighted by atomic mass is 10.1. The first kappa shape index (κ1) is 14.8. The average Bonchev–Trinajstić information content (AvgIpc) is 2.68. The van der Waals surface area contributed by atoms with Crippen molar-refractivity contribution in [2.45, 2.75) is 33.2 Å². The minimum absolute atomic E-state index is 0.280. The maximum atomic E-state index is 13.6. The van der Waals surface area contributed by atoms with Gasteiger partial charge in [0.1, 0.15) is 11.6 Å². The zero-order chi connectivity index (χ0) is 14.0. The molecule has 0 N–H and O–H groups in total. The number of rotatable bonds is 5. The van der Waals surface area contributed by atoms with E-state index in [4.69, 9.17) is 11.6 Å². The molecule has 0 bridgehead atoms. The number of nitrogens with zero attached hydrogens (tertiary/aromatic N) is 2. The number of halogens is 3. The number of imidazole rings is 1. The number of benzene rings is 1. The lowest BCUT2D eigenvalue weighted by molar-refractivity contribution is 0.466. The van der Waals surface area contributed by atoms with Crippen LogP contribution in [0.4, 0.5) is 4.39 Å². The molecular weight excluding hydrogens is 331 g/mol. The summed E-state index contributed by atoms with van der Waals surface area (Å²) in [6, 6.07) is 3.28. The Hall–Kier alpha value is -0.610. The maximum Gasteiger partial charge on any atom is 0.139 e. The molecule has 0 aliphatic carbocycles. The largest absolute Gasteiger partial charge is 0.328 e. The first-order valence-electron chi connectivity index (χ1n) is 6.47. The number of alkyl halides is 1. The summed E-state index contributed by atoms with van der Waals surface area (Å²) in [7, 11) is 0. The molecule has 0 radical (unpaired) electrons. The van der Waals surface area contributed by atoms with Gasteiger partial charge in [-0.1, -0.05) is 20.3 Å². The van der Waals surface area contributed by atoms with Gasteiger partial charge in [-0.05, 0) is 27.9 Å². The van der Waals surface area contributed by atoms with E-state index >= 15 is 0 Å². The van der Waals surface area contributed by atoms with E-state index in [1.807, 2.05) is 0 Å². The van der Waals surface area contributed by atoms with Gasteiger partial charge >= 0.3 is 0 Å². The van der Waals surface area contributed by atoms with E-state index in [-0.39, 0.29) is 5.82 Å². The van der Waals surface area contributed by atoms with Crippen LogP contribution in [0.25, 0.3) is 11.0 Å². The van der Waals surface area contributed by atoms with E-state index < -0.39 is 0 Å². The Morgan fingerprint density at radius 3 is 2.84 bits per heavy atom. The van der Waals surface area contributed by atoms with E-state index in [0.29, 0.717) is 28.2 Å². The normalized spacial score (nSPS) is 13.1. The van der Waals surface area contributed by atoms with Gasteiger partial charge in [0.2, 0.25) is 0 Å². The molecule has 1 heterocycles. The average molecular weight is 348 g/mol. The monoisotopic (exact) mass is 346 g/mol. The molecule has 0 fully saturated rings. The number of aryl methyl sites for hydroxylation is 1. The predicted molar refractivity (Wildman–Crippen MR) is 81.3 cm³/mol. The molecule has 0 aliphatic heterocycles. The first-order valence-corrected chi connectivity index (χ1v) is 7.79. The van der Waals surface area contributed by atoms with Crippen molar-refractivity contribution in [2.24, 2.45) is 5.92 Å². The Bertz CT molecular complexity index is 582. The van der Waals surface area contributed by atoms with Crippen LogP contribution in [0.5, 0.6) is 0 Å². The van der Waals surface area contributed by atoms with Gasteiger partial charge in [-0.3, -0.25) is 0 Å². The molecular formula is C14H17BrClFN2. The molecule has 0 saturated carbocycles. The molecule has 0 saturated heterocycles. The summed E-state index contributed by atoms with van der Waals surface area (Å²) in [5.41, 5.74) is 1.66. The van der Waals surface area contributed by atoms with Gasteiger partial charge in [-0.25, -0.2) is 9.37 Å². The first-order chi connectivity index (χ1) is 9.06. The van der Waals surface area contributed by atoms with E-state index in [1.165, 1.54) is 6.07 Å². The Morgan fingerprint density at radius 1 is 1.47 bits per heavy atom. The van der Waals surface area contributed by atoms with Gasteiger partial charge in [0, 0.05) is 24.9 Å². The highest BCUT2D eigenvalue weighted by atomic mass is 79.9. The van der Waals surface area contributed by atoms with Crippen LogP contribution in [-0.2, 0) is 13.0 Å². The van der Waals surface area contributed by atoms with Gasteiger partial charge in [-0.2, -0.15) is 0 Å². The van der Waals surface area contributed by atoms with Crippen LogP contribution >= 0.6 is 27.5 Å². The van der Waals surface area contributed by atoms with Crippen molar-refractivity contribution in [3.63, 3.8) is 0 Å². The van der Waals surface area contributed by atoms with Crippen molar-refractivity contribution in [3.05, 3.63) is 28.2 Å². The van der Waals surface area contributed by atoms with E-state index in [2.05, 4.69) is 39.3 Å². The Balaban J connectivity index is 2.55. The lowest BCUT2D eigenvalue weighted by Crippen LogP contribution is -2.10. The highest BCUT2D eigenvalue weighted by Gasteiger charge is 2.14. The number of aromatic nitrogens is 2. The van der Waals surface area contributed by atoms with Crippen LogP contribution in [0.3, 0.4) is 0 Å². The fourth-order valence-corrected chi connectivity index (χ4v) is 2.59. The lowest BCUT2D eigenvalue weighted by Gasteiger charge is -2.13. The summed E-state index contributed by atoms with van der Waals surface area (Å²) in [6.07, 6.45) is 1.80. The van der Waals surface area contributed by atoms with Crippen molar-refractivity contribution < 1.29 is 4.39 Å². The molecule has 0 aliphatic rings. The van der Waals surface area contributed by atoms with Crippen LogP contribution in [-0.4, -0.2) is 15.4 Å². The molecule has 0 spiro atoms. The van der Waals surface area contributed by atoms with Crippen molar-refractivity contribution >= 4 is 38.6 Å². The molecule has 2 rings (SSSR count). The summed E-state index contributed by atoms with van der Waals surface area (Å²) >= 11 is 9.07. The summed E-state index contributed by atoms with van der Waals surface area (Å²) in [5.74, 6) is 1.73. The van der Waals surface area contributed by atoms with Gasteiger partial charge in [-0.15, -0.1) is 11.6 Å². The number of hydrogen-bond acceptors (Lipinski definition) is 1. The van der Waals surface area contributed by atoms with Crippen molar-refractivity contribution in [2.75, 3.05) is 5.88 Å². The Morgan fingerprint density at radius 2 is 2.21 bits per heavy atom. The van der Waals surface area contributed by atoms with Gasteiger partial charge in [0.25, 0.3) is 0 Å². The zero-order valence-electron chi connectivity index (χ0n) is 11.1. The molecule has 1 aromatic carbocycles. The van der Waals surface area contributed by atoms with E-state index in [1.54, 1.807) is 6.07 Å². The highest BCUT2D eigenvalue weighted by molar-refractivity contribution is 9.10. The highest BCUT2D eigenvalue weighted by Crippen LogP contribution is 2.25. The molecule has 104 valence electrons. The molecule has 19 heavy (non-hydrogen) atoms. The molecule has 2 nitrogen and oxygen atoms in total. The Kier molecular flexibility index (Phi) is 4.85. The second-order valence-electron chi connectivity index (χ2n) is 4.85. The summed E-state index contributed by atoms with van der Waals surface area (Å²) in [5, 5.41) is 0. The third-order valence-corrected chi connectivity index (χ3v) is 4.18. The van der Waals surface area contributed by atoms with Crippen molar-refractivity contribution in [1.29, 1.82) is 0 Å². The van der Waals surface area contributed by atoms with Crippen molar-refractivity contribution in [3.8, 4) is 0 Å². The molecule has 2 aromatic rings. The molecule has 1 unspecified atom stereocenters. The molecule has 1 atom stereocenters. The van der Waals surface area contributed by atoms with Crippen LogP contribution in [0.15, 0.2) is 16.6 Å². The quantitative estimate of drug-likeness (QED) is 0.713. The van der Waals surface area contributed by atoms with Crippen LogP contribution < -0.4 is 0 Å². The summed E-state index contributed by atoms with van der Waals surface area (Å²) < 4.78 is 16.2. The van der Waals surface area contributed by atoms with Crippen LogP contribution in [0, 0.1) is 11.7 Å². The SMILES string of the molecule is CCC(C)Cn1c(CCCl)nc2cc(F)c(Br)cc21. The third kappa shape index (κ3) is 3.11. The topological polar surface area (TPSA) is 17.8 Å². The minimum Gasteiger partial charge on any atom is -0.328 e. The van der Waals surface area contributed by atoms with Gasteiger partial charge in [0.05, 0.1) is 15.5 Å². The predicted octanol–water partition coefficient (Wildman–Crippen LogP) is 4.77. The second-order valence-corrected chi connectivity index (χ2v) is 6.08. The van der Waals surface area contributed by atoms with Gasteiger partial charge in [0.15, 0.2) is 0 Å². The molecule has 0 amide bonds. The fraction of sp³-hybridized carbons (Fsp3) is 0.500. The summed E-state index contributed by atoms with van der Waals surface area (Å²) in [6.45, 7) is 5.26. The van der Waals surface area contributed by atoms with Crippen molar-refractivity contribution in [1.82, 2.24) is 9.55 Å². The second kappa shape index (κ2) is 6.23. The fourth-order valence-electron chi connectivity index (χ4n) is 2.09. The van der Waals surface area contributed by atoms with E-state index in [9.17, 15) is 4.39 Å². The smallest absolute Gasteiger partial charge is 0.139 e. The molecule has 1 aromatic heterocycles. The number of hydrogen-bond donors (Lipinski definition) is 0.